The summed E-state index contributed by atoms with van der Waals surface area (Å²) in [6.45, 7) is 1.65. The molecule has 1 saturated carbocycles. The summed E-state index contributed by atoms with van der Waals surface area (Å²) in [5.74, 6) is -1.14. The van der Waals surface area contributed by atoms with Gasteiger partial charge in [-0.2, -0.15) is 0 Å². The Labute approximate surface area is 124 Å². The van der Waals surface area contributed by atoms with Crippen LogP contribution in [0.4, 0.5) is 0 Å². The van der Waals surface area contributed by atoms with Crippen LogP contribution in [0.1, 0.15) is 49.7 Å². The number of carboxylic acid groups (broad SMARTS) is 1. The summed E-state index contributed by atoms with van der Waals surface area (Å²) in [7, 11) is 0. The number of aliphatic carboxylic acids is 1. The summed E-state index contributed by atoms with van der Waals surface area (Å²) in [6, 6.07) is 5.47. The number of carbonyl (C=O) groups is 1. The van der Waals surface area contributed by atoms with Crippen LogP contribution in [0.2, 0.25) is 5.02 Å². The second kappa shape index (κ2) is 6.59. The van der Waals surface area contributed by atoms with Crippen LogP contribution in [0.3, 0.4) is 0 Å². The zero-order valence-electron chi connectivity index (χ0n) is 11.7. The number of hydrogen-bond acceptors (Lipinski definition) is 2. The van der Waals surface area contributed by atoms with Crippen molar-refractivity contribution in [3.8, 4) is 0 Å². The molecule has 20 heavy (non-hydrogen) atoms. The third-order valence-electron chi connectivity index (χ3n) is 4.30. The summed E-state index contributed by atoms with van der Waals surface area (Å²) in [6.07, 6.45) is 4.69. The van der Waals surface area contributed by atoms with Gasteiger partial charge in [-0.25, -0.2) is 0 Å². The average molecular weight is 297 g/mol. The predicted molar refractivity (Wildman–Crippen MR) is 79.2 cm³/mol. The Hall–Kier alpha value is -1.06. The lowest BCUT2D eigenvalue weighted by molar-refractivity contribution is -0.138. The molecule has 1 fully saturated rings. The Kier molecular flexibility index (Phi) is 5.06. The minimum absolute atomic E-state index is 0.238. The monoisotopic (exact) mass is 296 g/mol. The van der Waals surface area contributed by atoms with Gasteiger partial charge >= 0.3 is 5.97 Å². The van der Waals surface area contributed by atoms with Crippen LogP contribution >= 0.6 is 11.6 Å². The van der Waals surface area contributed by atoms with Gasteiger partial charge < -0.3 is 10.2 Å². The van der Waals surface area contributed by atoms with Crippen molar-refractivity contribution in [2.75, 3.05) is 0 Å². The molecule has 0 bridgehead atoms. The molecule has 1 aromatic carbocycles. The first-order chi connectivity index (χ1) is 9.49. The van der Waals surface area contributed by atoms with Gasteiger partial charge in [-0.3, -0.25) is 4.79 Å². The Balaban J connectivity index is 2.11. The first-order valence-corrected chi connectivity index (χ1v) is 7.56. The third kappa shape index (κ3) is 3.53. The number of halogens is 1. The maximum absolute atomic E-state index is 11.0. The zero-order chi connectivity index (χ0) is 14.7. The van der Waals surface area contributed by atoms with E-state index in [0.717, 1.165) is 43.2 Å². The van der Waals surface area contributed by atoms with Crippen molar-refractivity contribution in [2.24, 2.45) is 5.92 Å². The fourth-order valence-electron chi connectivity index (χ4n) is 2.85. The molecule has 0 spiro atoms. The molecule has 1 aromatic rings. The Morgan fingerprint density at radius 3 is 2.70 bits per heavy atom. The fraction of sp³-hybridized carbons (Fsp3) is 0.562. The summed E-state index contributed by atoms with van der Waals surface area (Å²) in [4.78, 5) is 11.0. The topological polar surface area (TPSA) is 57.5 Å². The maximum Gasteiger partial charge on any atom is 0.310 e. The van der Waals surface area contributed by atoms with Gasteiger partial charge in [0, 0.05) is 5.02 Å². The van der Waals surface area contributed by atoms with Crippen molar-refractivity contribution in [2.45, 2.75) is 51.0 Å². The smallest absolute Gasteiger partial charge is 0.310 e. The SMILES string of the molecule is CC(C(=O)O)c1ccc(CC2CCCCC2O)c(Cl)c1. The molecule has 4 heteroatoms. The van der Waals surface area contributed by atoms with Gasteiger partial charge in [0.15, 0.2) is 0 Å². The molecule has 2 N–H and O–H groups in total. The number of aliphatic hydroxyl groups is 1. The van der Waals surface area contributed by atoms with E-state index >= 15 is 0 Å². The van der Waals surface area contributed by atoms with Crippen LogP contribution in [0.25, 0.3) is 0 Å². The highest BCUT2D eigenvalue weighted by Crippen LogP contribution is 2.31. The molecule has 0 aliphatic heterocycles. The van der Waals surface area contributed by atoms with Crippen molar-refractivity contribution in [1.82, 2.24) is 0 Å². The molecule has 0 amide bonds. The molecule has 1 aliphatic carbocycles. The molecule has 0 heterocycles. The minimum atomic E-state index is -0.850. The molecule has 3 nitrogen and oxygen atoms in total. The standard InChI is InChI=1S/C16H21ClO3/c1-10(16(19)20)11-6-7-12(14(17)9-11)8-13-4-2-3-5-15(13)18/h6-7,9-10,13,15,18H,2-5,8H2,1H3,(H,19,20). The minimum Gasteiger partial charge on any atom is -0.481 e. The van der Waals surface area contributed by atoms with E-state index in [4.69, 9.17) is 16.7 Å². The first kappa shape index (κ1) is 15.3. The van der Waals surface area contributed by atoms with Gasteiger partial charge in [0.05, 0.1) is 12.0 Å². The number of aliphatic hydroxyl groups excluding tert-OH is 1. The second-order valence-electron chi connectivity index (χ2n) is 5.73. The van der Waals surface area contributed by atoms with Gasteiger partial charge in [0.25, 0.3) is 0 Å². The van der Waals surface area contributed by atoms with Gasteiger partial charge in [-0.1, -0.05) is 36.6 Å². The van der Waals surface area contributed by atoms with Crippen LogP contribution in [0.5, 0.6) is 0 Å². The molecule has 1 aliphatic rings. The molecular weight excluding hydrogens is 276 g/mol. The average Bonchev–Trinajstić information content (AvgIpc) is 2.42. The molecule has 0 radical (unpaired) electrons. The van der Waals surface area contributed by atoms with Gasteiger partial charge in [0.1, 0.15) is 0 Å². The predicted octanol–water partition coefficient (Wildman–Crippen LogP) is 3.62. The molecule has 0 aromatic heterocycles. The van der Waals surface area contributed by atoms with E-state index in [1.54, 1.807) is 13.0 Å². The van der Waals surface area contributed by atoms with E-state index in [1.807, 2.05) is 12.1 Å². The van der Waals surface area contributed by atoms with Crippen molar-refractivity contribution in [3.05, 3.63) is 34.3 Å². The van der Waals surface area contributed by atoms with Crippen molar-refractivity contribution >= 4 is 17.6 Å². The van der Waals surface area contributed by atoms with Crippen molar-refractivity contribution < 1.29 is 15.0 Å². The fourth-order valence-corrected chi connectivity index (χ4v) is 3.12. The Bertz CT molecular complexity index is 487. The summed E-state index contributed by atoms with van der Waals surface area (Å²) >= 11 is 6.27. The Morgan fingerprint density at radius 2 is 2.10 bits per heavy atom. The quantitative estimate of drug-likeness (QED) is 0.892. The van der Waals surface area contributed by atoms with E-state index in [9.17, 15) is 9.90 Å². The highest BCUT2D eigenvalue weighted by molar-refractivity contribution is 6.31. The Morgan fingerprint density at radius 1 is 1.40 bits per heavy atom. The highest BCUT2D eigenvalue weighted by atomic mass is 35.5. The number of rotatable bonds is 4. The first-order valence-electron chi connectivity index (χ1n) is 7.18. The van der Waals surface area contributed by atoms with E-state index in [1.165, 1.54) is 0 Å². The van der Waals surface area contributed by atoms with Crippen LogP contribution in [0.15, 0.2) is 18.2 Å². The molecular formula is C16H21ClO3. The van der Waals surface area contributed by atoms with Crippen LogP contribution in [-0.2, 0) is 11.2 Å². The lowest BCUT2D eigenvalue weighted by Gasteiger charge is -2.28. The van der Waals surface area contributed by atoms with E-state index in [-0.39, 0.29) is 12.0 Å². The highest BCUT2D eigenvalue weighted by Gasteiger charge is 2.24. The molecule has 110 valence electrons. The third-order valence-corrected chi connectivity index (χ3v) is 4.65. The largest absolute Gasteiger partial charge is 0.481 e. The number of carboxylic acids is 1. The molecule has 0 saturated heterocycles. The maximum atomic E-state index is 11.0. The van der Waals surface area contributed by atoms with Crippen molar-refractivity contribution in [1.29, 1.82) is 0 Å². The summed E-state index contributed by atoms with van der Waals surface area (Å²) < 4.78 is 0. The molecule has 2 rings (SSSR count). The second-order valence-corrected chi connectivity index (χ2v) is 6.13. The summed E-state index contributed by atoms with van der Waals surface area (Å²) in [5, 5.41) is 19.6. The van der Waals surface area contributed by atoms with Crippen LogP contribution in [0, 0.1) is 5.92 Å². The lowest BCUT2D eigenvalue weighted by Crippen LogP contribution is -2.26. The number of benzene rings is 1. The van der Waals surface area contributed by atoms with E-state index in [2.05, 4.69) is 0 Å². The van der Waals surface area contributed by atoms with Crippen LogP contribution < -0.4 is 0 Å². The van der Waals surface area contributed by atoms with Crippen molar-refractivity contribution in [3.63, 3.8) is 0 Å². The number of hydrogen-bond donors (Lipinski definition) is 2. The van der Waals surface area contributed by atoms with Crippen LogP contribution in [-0.4, -0.2) is 22.3 Å². The molecule has 3 unspecified atom stereocenters. The molecule has 3 atom stereocenters. The van der Waals surface area contributed by atoms with Gasteiger partial charge in [-0.15, -0.1) is 0 Å². The van der Waals surface area contributed by atoms with Gasteiger partial charge in [0.2, 0.25) is 0 Å². The summed E-state index contributed by atoms with van der Waals surface area (Å²) in [5.41, 5.74) is 1.72. The van der Waals surface area contributed by atoms with E-state index in [0.29, 0.717) is 5.02 Å². The van der Waals surface area contributed by atoms with E-state index < -0.39 is 11.9 Å². The van der Waals surface area contributed by atoms with Gasteiger partial charge in [-0.05, 0) is 49.3 Å². The lowest BCUT2D eigenvalue weighted by atomic mass is 9.82. The normalized spacial score (nSPS) is 24.4. The zero-order valence-corrected chi connectivity index (χ0v) is 12.4.